The second-order valence-corrected chi connectivity index (χ2v) is 53.4. The number of carbonyl (C=O) groups excluding carboxylic acids is 1. The van der Waals surface area contributed by atoms with E-state index in [-0.39, 0.29) is 25.1 Å². The first-order chi connectivity index (χ1) is 71.6. The van der Waals surface area contributed by atoms with Gasteiger partial charge in [-0.2, -0.15) is 0 Å². The second kappa shape index (κ2) is 58.9. The number of aldehydes is 1. The molecular weight excluding hydrogens is 2340 g/mol. The zero-order valence-corrected chi connectivity index (χ0v) is 102. The molecule has 0 amide bonds. The molecule has 11 aromatic carbocycles. The normalized spacial score (nSPS) is 14.7. The van der Waals surface area contributed by atoms with Crippen LogP contribution in [-0.2, 0) is 47.1 Å². The van der Waals surface area contributed by atoms with Crippen molar-refractivity contribution in [2.75, 3.05) is 37.1 Å². The number of rotatable bonds is 39. The molecule has 5 nitrogen and oxygen atoms in total. The highest BCUT2D eigenvalue weighted by Gasteiger charge is 2.46. The van der Waals surface area contributed by atoms with Gasteiger partial charge in [0.1, 0.15) is 6.29 Å². The van der Waals surface area contributed by atoms with Gasteiger partial charge in [0.15, 0.2) is 0 Å². The minimum atomic E-state index is -1.72. The number of fused-ring (bicyclic) bond motifs is 16. The van der Waals surface area contributed by atoms with E-state index < -0.39 is 11.4 Å². The molecule has 0 atom stereocenters. The maximum Gasteiger partial charge on any atom is 0.643 e. The van der Waals surface area contributed by atoms with Crippen molar-refractivity contribution in [2.24, 2.45) is 0 Å². The first-order valence-electron chi connectivity index (χ1n) is 54.8. The highest BCUT2D eigenvalue weighted by molar-refractivity contribution is 9.11. The van der Waals surface area contributed by atoms with Crippen molar-refractivity contribution in [3.8, 4) is 66.8 Å². The lowest BCUT2D eigenvalue weighted by molar-refractivity contribution is -0.107. The van der Waals surface area contributed by atoms with Crippen LogP contribution in [0.2, 0.25) is 0 Å². The summed E-state index contributed by atoms with van der Waals surface area (Å²) >= 11 is 22.6. The van der Waals surface area contributed by atoms with Gasteiger partial charge in [-0.1, -0.05) is 482 Å². The number of benzene rings is 11. The van der Waals surface area contributed by atoms with E-state index in [4.69, 9.17) is 48.8 Å². The summed E-state index contributed by atoms with van der Waals surface area (Å²) in [7, 11) is 14.4. The number of halogens is 10. The SMILES string of the molecule is BrCCC=C1c2cc(Br)ccc2-c2ccc(Br)cc21.Brc1ccc2c(c1)Cc1cc(Br)ccc1-2.C=CC1=C(C)/C(=C\CC)c2cc(Br)ccc21.CCCCCCCCC1(CCCCCCCC)c2cc(C)ccc2-c2ccc(-c3ccc4c5c3CCC=C5c3cc(C)ccc3-4)cc21.CCCCCCCCCC1(CCCCCCCCC)c2cc(B3OCCO3)ccc2-c2ccc(B3OCCO3)cc21.O=CCCBr.[Cl][Al]([Cl])[Cl]. The van der Waals surface area contributed by atoms with Gasteiger partial charge in [-0.05, 0) is 323 Å². The molecule has 2 saturated heterocycles. The molecule has 2 heterocycles. The van der Waals surface area contributed by atoms with Crippen LogP contribution in [-0.4, -0.2) is 69.0 Å². The maximum atomic E-state index is 9.37. The lowest BCUT2D eigenvalue weighted by atomic mass is 9.67. The smallest absolute Gasteiger partial charge is 0.405 e. The van der Waals surface area contributed by atoms with Crippen LogP contribution in [0.5, 0.6) is 0 Å². The summed E-state index contributed by atoms with van der Waals surface area (Å²) in [5.41, 5.74) is 47.8. The molecule has 20 rings (SSSR count). The molecule has 0 aromatic heterocycles. The van der Waals surface area contributed by atoms with Gasteiger partial charge in [0, 0.05) is 50.3 Å². The van der Waals surface area contributed by atoms with Crippen LogP contribution in [0.25, 0.3) is 89.1 Å². The van der Waals surface area contributed by atoms with Crippen molar-refractivity contribution in [3.63, 3.8) is 0 Å². The Labute approximate surface area is 957 Å². The van der Waals surface area contributed by atoms with Crippen molar-refractivity contribution in [1.29, 1.82) is 0 Å². The van der Waals surface area contributed by atoms with Crippen LogP contribution in [0.3, 0.4) is 0 Å². The largest absolute Gasteiger partial charge is 0.643 e. The van der Waals surface area contributed by atoms with Gasteiger partial charge in [0.2, 0.25) is 0 Å². The average molecular weight is 2490 g/mol. The first-order valence-corrected chi connectivity index (χ1v) is 66.2. The van der Waals surface area contributed by atoms with Crippen LogP contribution < -0.4 is 10.9 Å². The zero-order chi connectivity index (χ0) is 104. The number of hydrogen-bond acceptors (Lipinski definition) is 5. The number of allylic oxidation sites excluding steroid dienone is 7. The molecule has 18 heteroatoms. The van der Waals surface area contributed by atoms with Crippen molar-refractivity contribution < 1.29 is 23.4 Å². The minimum Gasteiger partial charge on any atom is -0.405 e. The van der Waals surface area contributed by atoms with Crippen LogP contribution in [0, 0.1) is 13.8 Å². The monoisotopic (exact) mass is 2480 g/mol. The summed E-state index contributed by atoms with van der Waals surface area (Å²) in [4.78, 5) is 9.37. The van der Waals surface area contributed by atoms with Crippen molar-refractivity contribution >= 4 is 207 Å². The maximum absolute atomic E-state index is 9.37. The summed E-state index contributed by atoms with van der Waals surface area (Å²) in [6.07, 6.45) is 55.9. The highest BCUT2D eigenvalue weighted by atomic mass is 79.9. The van der Waals surface area contributed by atoms with Gasteiger partial charge < -0.3 is 23.4 Å². The Balaban J connectivity index is 0.000000152. The molecule has 772 valence electrons. The molecule has 2 aliphatic heterocycles. The minimum absolute atomic E-state index is 0.0146. The Kier molecular flexibility index (Phi) is 46.9. The first kappa shape index (κ1) is 117. The summed E-state index contributed by atoms with van der Waals surface area (Å²) < 4.78 is 29.6. The third kappa shape index (κ3) is 29.5. The summed E-state index contributed by atoms with van der Waals surface area (Å²) in [6.45, 7) is 24.7. The average Bonchev–Trinajstić information content (AvgIpc) is 1.56. The molecule has 0 bridgehead atoms. The number of unbranched alkanes of at least 4 members (excludes halogenated alkanes) is 22. The third-order valence-corrected chi connectivity index (χ3v) is 34.1. The van der Waals surface area contributed by atoms with Crippen LogP contribution in [0.4, 0.5) is 0 Å². The van der Waals surface area contributed by atoms with E-state index >= 15 is 0 Å². The second-order valence-electron chi connectivity index (χ2n) is 40.8. The highest BCUT2D eigenvalue weighted by Crippen LogP contribution is 2.59. The molecule has 9 aliphatic rings. The fourth-order valence-corrected chi connectivity index (χ4v) is 26.0. The summed E-state index contributed by atoms with van der Waals surface area (Å²) in [5, 5.41) is 1.78. The molecule has 0 spiro atoms. The van der Waals surface area contributed by atoms with Crippen molar-refractivity contribution in [2.45, 2.75) is 297 Å². The van der Waals surface area contributed by atoms with Crippen LogP contribution in [0.15, 0.2) is 253 Å². The van der Waals surface area contributed by atoms with E-state index in [2.05, 4.69) is 386 Å². The lowest BCUT2D eigenvalue weighted by Crippen LogP contribution is -2.35. The Bertz CT molecular complexity index is 6240. The van der Waals surface area contributed by atoms with Gasteiger partial charge >= 0.3 is 25.6 Å². The Morgan fingerprint density at radius 1 is 0.367 bits per heavy atom. The molecule has 0 saturated carbocycles. The Morgan fingerprint density at radius 2 is 0.728 bits per heavy atom. The standard InChI is InChI=1S/C47H56.C35H52B2O4.C16H11Br3.C15H15Br.C13H8Br2.C3H5BrO.Al.3ClH/c1-5-7-9-11-13-15-28-47(29-16-14-12-10-8-6-2)44-31-34(4)21-24-38(44)39-25-22-35(32-45(39)47)36-26-27-42-37-23-20-33(3)30-43(37)41-19-17-18-40(36)46(41)42;1-3-5-7-9-11-13-15-21-35(22-16-14-12-10-8-6-4-2)33-27-29(36-38-23-24-39-36)17-19-31(33)32-20-18-30(28-34(32)35)37-40-25-26-41-37;17-7-1-2-12-15-8-10(18)3-5-13(15)14-6-4-11(19)9-16(12)14;1-4-6-13-10(3)12(5-2)14-8-7-11(16)9-15(13)14;14-10-1-3-12-8(6-10)5-9-7-11(15)2-4-13(9)12;4-2-1-3-5;;;;/h19-27,30-32H,5-18,28-29H2,1-4H3;17-20,27-28H,3-16,21-26H2,1-2H3;2-6,8-9H,1,7H2;5-9H,2,4H2,1,3H3;1-4,6-7H,5H2;3H,1-2H2;;3*1H/q;;;;;;+3;;;/p-3/b;;;13-6+;;;;;;. The summed E-state index contributed by atoms with van der Waals surface area (Å²) in [6, 6.07) is 73.4. The fourth-order valence-electron chi connectivity index (χ4n) is 23.7. The number of aryl methyl sites for hydroxylation is 2. The molecule has 0 unspecified atom stereocenters. The Morgan fingerprint density at radius 3 is 1.16 bits per heavy atom. The van der Waals surface area contributed by atoms with Crippen molar-refractivity contribution in [1.82, 2.24) is 0 Å². The third-order valence-electron chi connectivity index (χ3n) is 30.7. The summed E-state index contributed by atoms with van der Waals surface area (Å²) in [5.74, 6) is 0. The Hall–Kier alpha value is -5.48. The molecule has 0 radical (unpaired) electrons. The number of alkyl halides is 2. The van der Waals surface area contributed by atoms with Gasteiger partial charge in [-0.25, -0.2) is 30.1 Å². The number of hydrogen-bond donors (Lipinski definition) is 0. The van der Waals surface area contributed by atoms with E-state index in [0.717, 1.165) is 71.4 Å². The van der Waals surface area contributed by atoms with E-state index in [0.29, 0.717) is 32.8 Å². The molecule has 7 aliphatic carbocycles. The van der Waals surface area contributed by atoms with Gasteiger partial charge in [0.05, 0.1) is 26.4 Å². The van der Waals surface area contributed by atoms with E-state index in [1.165, 1.54) is 365 Å². The van der Waals surface area contributed by atoms with Crippen LogP contribution >= 0.6 is 142 Å². The topological polar surface area (TPSA) is 54.0 Å². The molecule has 2 fully saturated rings. The van der Waals surface area contributed by atoms with Crippen LogP contribution in [0.1, 0.15) is 343 Å². The van der Waals surface area contributed by atoms with Gasteiger partial charge in [0.25, 0.3) is 0 Å². The molecular formula is C129H147AlB2Br7Cl3O5. The predicted octanol–water partition coefficient (Wildman–Crippen LogP) is 40.9. The molecule has 0 N–H and O–H groups in total. The van der Waals surface area contributed by atoms with Gasteiger partial charge in [-0.15, -0.1) is 0 Å². The van der Waals surface area contributed by atoms with Gasteiger partial charge in [-0.3, -0.25) is 0 Å². The zero-order valence-electron chi connectivity index (χ0n) is 87.8. The predicted molar refractivity (Wildman–Crippen MR) is 663 cm³/mol. The molecule has 147 heavy (non-hydrogen) atoms. The van der Waals surface area contributed by atoms with E-state index in [1.54, 1.807) is 16.7 Å². The van der Waals surface area contributed by atoms with Crippen molar-refractivity contribution in [3.05, 3.63) is 336 Å². The molecule has 11 aromatic rings. The quantitative estimate of drug-likeness (QED) is 0.0166. The van der Waals surface area contributed by atoms with E-state index in [1.807, 2.05) is 6.08 Å². The fraction of sp³-hybridized carbons (Fsp3) is 0.403. The lowest BCUT2D eigenvalue weighted by Gasteiger charge is -2.33. The van der Waals surface area contributed by atoms with E-state index in [9.17, 15) is 4.79 Å². The number of carbonyl (C=O) groups is 1.